The molecule has 2 rings (SSSR count). The number of halogens is 2. The first kappa shape index (κ1) is 14.9. The van der Waals surface area contributed by atoms with Crippen molar-refractivity contribution in [2.45, 2.75) is 0 Å². The topological polar surface area (TPSA) is 63.5 Å². The number of hydrogen-bond acceptors (Lipinski definition) is 3. The summed E-state index contributed by atoms with van der Waals surface area (Å²) < 4.78 is 13.2. The molecule has 0 saturated heterocycles. The SMILES string of the molecule is CN(C(=O)c1ccc([N+](=O)[O-])c(Cl)c1)c1cccc(F)c1. The number of nitro groups is 1. The fourth-order valence-electron chi connectivity index (χ4n) is 1.78. The Morgan fingerprint density at radius 2 is 2.00 bits per heavy atom. The smallest absolute Gasteiger partial charge is 0.287 e. The second-order valence-electron chi connectivity index (χ2n) is 4.27. The summed E-state index contributed by atoms with van der Waals surface area (Å²) >= 11 is 5.77. The zero-order chi connectivity index (χ0) is 15.6. The number of hydrogen-bond donors (Lipinski definition) is 0. The van der Waals surface area contributed by atoms with Gasteiger partial charge >= 0.3 is 0 Å². The summed E-state index contributed by atoms with van der Waals surface area (Å²) in [5.41, 5.74) is 0.272. The quantitative estimate of drug-likeness (QED) is 0.642. The Balaban J connectivity index is 2.32. The molecule has 0 aliphatic heterocycles. The number of carbonyl (C=O) groups is 1. The van der Waals surface area contributed by atoms with E-state index >= 15 is 0 Å². The molecule has 7 heteroatoms. The van der Waals surface area contributed by atoms with Crippen LogP contribution in [-0.2, 0) is 0 Å². The van der Waals surface area contributed by atoms with Crippen LogP contribution < -0.4 is 4.90 Å². The van der Waals surface area contributed by atoms with Gasteiger partial charge in [-0.3, -0.25) is 14.9 Å². The number of carbonyl (C=O) groups excluding carboxylic acids is 1. The van der Waals surface area contributed by atoms with E-state index in [0.717, 1.165) is 6.07 Å². The predicted molar refractivity (Wildman–Crippen MR) is 77.2 cm³/mol. The highest BCUT2D eigenvalue weighted by atomic mass is 35.5. The summed E-state index contributed by atoms with van der Waals surface area (Å²) in [6.45, 7) is 0. The van der Waals surface area contributed by atoms with Crippen molar-refractivity contribution in [2.75, 3.05) is 11.9 Å². The number of nitrogens with zero attached hydrogens (tertiary/aromatic N) is 2. The summed E-state index contributed by atoms with van der Waals surface area (Å²) in [5, 5.41) is 10.6. The van der Waals surface area contributed by atoms with E-state index in [9.17, 15) is 19.3 Å². The lowest BCUT2D eigenvalue weighted by atomic mass is 10.1. The molecule has 0 fully saturated rings. The van der Waals surface area contributed by atoms with Crippen molar-refractivity contribution in [3.8, 4) is 0 Å². The molecule has 0 radical (unpaired) electrons. The summed E-state index contributed by atoms with van der Waals surface area (Å²) in [5.74, 6) is -0.911. The molecule has 0 heterocycles. The third-order valence-corrected chi connectivity index (χ3v) is 3.19. The van der Waals surface area contributed by atoms with Crippen LogP contribution in [0.1, 0.15) is 10.4 Å². The van der Waals surface area contributed by atoms with Gasteiger partial charge in [-0.05, 0) is 30.3 Å². The second kappa shape index (κ2) is 5.88. The van der Waals surface area contributed by atoms with Gasteiger partial charge in [0, 0.05) is 24.4 Å². The maximum absolute atomic E-state index is 13.2. The van der Waals surface area contributed by atoms with Gasteiger partial charge in [0.15, 0.2) is 0 Å². The first-order valence-electron chi connectivity index (χ1n) is 5.87. The Kier molecular flexibility index (Phi) is 4.18. The summed E-state index contributed by atoms with van der Waals surface area (Å²) in [4.78, 5) is 23.5. The number of benzene rings is 2. The van der Waals surface area contributed by atoms with Crippen LogP contribution in [0.5, 0.6) is 0 Å². The van der Waals surface area contributed by atoms with E-state index in [0.29, 0.717) is 5.69 Å². The highest BCUT2D eigenvalue weighted by Crippen LogP contribution is 2.26. The Labute approximate surface area is 124 Å². The lowest BCUT2D eigenvalue weighted by Gasteiger charge is -2.17. The average molecular weight is 309 g/mol. The molecule has 0 bridgehead atoms. The van der Waals surface area contributed by atoms with Crippen molar-refractivity contribution in [3.05, 3.63) is 69.0 Å². The maximum Gasteiger partial charge on any atom is 0.287 e. The highest BCUT2D eigenvalue weighted by Gasteiger charge is 2.18. The molecule has 0 aliphatic rings. The van der Waals surface area contributed by atoms with Crippen molar-refractivity contribution >= 4 is 28.9 Å². The van der Waals surface area contributed by atoms with E-state index in [1.807, 2.05) is 0 Å². The summed E-state index contributed by atoms with van der Waals surface area (Å²) in [7, 11) is 1.48. The largest absolute Gasteiger partial charge is 0.311 e. The fourth-order valence-corrected chi connectivity index (χ4v) is 2.03. The number of anilines is 1. The molecule has 0 unspecified atom stereocenters. The van der Waals surface area contributed by atoms with Crippen LogP contribution in [0, 0.1) is 15.9 Å². The molecule has 0 N–H and O–H groups in total. The first-order chi connectivity index (χ1) is 9.90. The van der Waals surface area contributed by atoms with Crippen LogP contribution in [0.3, 0.4) is 0 Å². The van der Waals surface area contributed by atoms with Gasteiger partial charge in [0.2, 0.25) is 0 Å². The third-order valence-electron chi connectivity index (χ3n) is 2.89. The molecule has 5 nitrogen and oxygen atoms in total. The second-order valence-corrected chi connectivity index (χ2v) is 4.67. The summed E-state index contributed by atoms with van der Waals surface area (Å²) in [6.07, 6.45) is 0. The molecule has 0 aliphatic carbocycles. The van der Waals surface area contributed by atoms with Crippen molar-refractivity contribution in [3.63, 3.8) is 0 Å². The van der Waals surface area contributed by atoms with Crippen LogP contribution in [0.15, 0.2) is 42.5 Å². The van der Waals surface area contributed by atoms with Gasteiger partial charge in [0.05, 0.1) is 4.92 Å². The molecule has 0 saturated carbocycles. The minimum Gasteiger partial charge on any atom is -0.311 e. The molecule has 0 atom stereocenters. The Morgan fingerprint density at radius 1 is 1.29 bits per heavy atom. The van der Waals surface area contributed by atoms with E-state index in [1.165, 1.54) is 42.3 Å². The lowest BCUT2D eigenvalue weighted by Crippen LogP contribution is -2.26. The van der Waals surface area contributed by atoms with Crippen molar-refractivity contribution in [1.82, 2.24) is 0 Å². The molecule has 21 heavy (non-hydrogen) atoms. The molecule has 0 aromatic heterocycles. The van der Waals surface area contributed by atoms with E-state index in [2.05, 4.69) is 0 Å². The van der Waals surface area contributed by atoms with Gasteiger partial charge in [-0.2, -0.15) is 0 Å². The standard InChI is InChI=1S/C14H10ClFN2O3/c1-17(11-4-2-3-10(16)8-11)14(19)9-5-6-13(18(20)21)12(15)7-9/h2-8H,1H3. The monoisotopic (exact) mass is 308 g/mol. The summed E-state index contributed by atoms with van der Waals surface area (Å²) in [6, 6.07) is 9.23. The van der Waals surface area contributed by atoms with Gasteiger partial charge < -0.3 is 4.90 Å². The van der Waals surface area contributed by atoms with Crippen molar-refractivity contribution in [2.24, 2.45) is 0 Å². The molecule has 2 aromatic carbocycles. The van der Waals surface area contributed by atoms with Gasteiger partial charge in [-0.15, -0.1) is 0 Å². The minimum absolute atomic E-state index is 0.126. The number of amides is 1. The van der Waals surface area contributed by atoms with Gasteiger partial charge in [0.25, 0.3) is 11.6 Å². The van der Waals surface area contributed by atoms with Gasteiger partial charge in [-0.1, -0.05) is 17.7 Å². The maximum atomic E-state index is 13.2. The molecule has 0 spiro atoms. The van der Waals surface area contributed by atoms with E-state index in [1.54, 1.807) is 6.07 Å². The highest BCUT2D eigenvalue weighted by molar-refractivity contribution is 6.33. The van der Waals surface area contributed by atoms with Gasteiger partial charge in [0.1, 0.15) is 10.8 Å². The zero-order valence-electron chi connectivity index (χ0n) is 10.9. The van der Waals surface area contributed by atoms with Crippen LogP contribution in [0.25, 0.3) is 0 Å². The van der Waals surface area contributed by atoms with Crippen molar-refractivity contribution in [1.29, 1.82) is 0 Å². The van der Waals surface area contributed by atoms with Gasteiger partial charge in [-0.25, -0.2) is 4.39 Å². The van der Waals surface area contributed by atoms with Crippen LogP contribution in [0.4, 0.5) is 15.8 Å². The zero-order valence-corrected chi connectivity index (χ0v) is 11.7. The Hall–Kier alpha value is -2.47. The molecule has 2 aromatic rings. The van der Waals surface area contributed by atoms with E-state index in [-0.39, 0.29) is 16.3 Å². The minimum atomic E-state index is -0.632. The number of rotatable bonds is 3. The third kappa shape index (κ3) is 3.17. The Morgan fingerprint density at radius 3 is 2.57 bits per heavy atom. The lowest BCUT2D eigenvalue weighted by molar-refractivity contribution is -0.384. The van der Waals surface area contributed by atoms with E-state index < -0.39 is 16.6 Å². The van der Waals surface area contributed by atoms with Crippen LogP contribution >= 0.6 is 11.6 Å². The van der Waals surface area contributed by atoms with Crippen LogP contribution in [-0.4, -0.2) is 17.9 Å². The average Bonchev–Trinajstić information content (AvgIpc) is 2.45. The molecular formula is C14H10ClFN2O3. The van der Waals surface area contributed by atoms with Crippen molar-refractivity contribution < 1.29 is 14.1 Å². The molecular weight excluding hydrogens is 299 g/mol. The predicted octanol–water partition coefficient (Wildman–Crippen LogP) is 3.66. The first-order valence-corrected chi connectivity index (χ1v) is 6.25. The van der Waals surface area contributed by atoms with Crippen LogP contribution in [0.2, 0.25) is 5.02 Å². The molecule has 108 valence electrons. The molecule has 1 amide bonds. The Bertz CT molecular complexity index is 721. The normalized spacial score (nSPS) is 10.2. The van der Waals surface area contributed by atoms with E-state index in [4.69, 9.17) is 11.6 Å². The number of nitro benzene ring substituents is 1. The fraction of sp³-hybridized carbons (Fsp3) is 0.0714.